The fourth-order valence-corrected chi connectivity index (χ4v) is 4.58. The van der Waals surface area contributed by atoms with E-state index in [4.69, 9.17) is 31.0 Å². The van der Waals surface area contributed by atoms with Crippen molar-refractivity contribution in [1.29, 1.82) is 0 Å². The Balaban J connectivity index is 1.61. The van der Waals surface area contributed by atoms with Crippen molar-refractivity contribution in [3.05, 3.63) is 80.3 Å². The Hall–Kier alpha value is -3.14. The Morgan fingerprint density at radius 1 is 1.24 bits per heavy atom. The van der Waals surface area contributed by atoms with Gasteiger partial charge in [0, 0.05) is 23.3 Å². The maximum absolute atomic E-state index is 12.5. The maximum atomic E-state index is 12.5. The van der Waals surface area contributed by atoms with Gasteiger partial charge in [0.05, 0.1) is 15.9 Å². The standard InChI is InChI=1S/C23H21ClN2O6S/c1-14-25-11-17(33-14)12-31-23(29)32-26-9-8-15-4-2-3-5-18(15)22(26)19-10-16(24)6-7-20(19)30-13-21(27)28/h2-7,10-11,22H,8-9,12-13H2,1H3,(H,27,28)/t22-/m0/s1. The highest BCUT2D eigenvalue weighted by Crippen LogP contribution is 2.40. The molecule has 8 nitrogen and oxygen atoms in total. The topological polar surface area (TPSA) is 98.2 Å². The molecule has 0 spiro atoms. The third-order valence-corrected chi connectivity index (χ3v) is 6.17. The van der Waals surface area contributed by atoms with Crippen LogP contribution < -0.4 is 4.74 Å². The van der Waals surface area contributed by atoms with Gasteiger partial charge >= 0.3 is 12.1 Å². The molecule has 1 aromatic heterocycles. The zero-order valence-corrected chi connectivity index (χ0v) is 19.3. The molecular formula is C23H21ClN2O6S. The van der Waals surface area contributed by atoms with E-state index in [2.05, 4.69) is 4.98 Å². The SMILES string of the molecule is Cc1ncc(COC(=O)ON2CCc3ccccc3[C@H]2c2cc(Cl)ccc2OCC(=O)O)s1. The highest BCUT2D eigenvalue weighted by molar-refractivity contribution is 7.11. The first-order chi connectivity index (χ1) is 15.9. The van der Waals surface area contributed by atoms with Crippen LogP contribution >= 0.6 is 22.9 Å². The van der Waals surface area contributed by atoms with Crippen molar-refractivity contribution in [3.8, 4) is 5.75 Å². The maximum Gasteiger partial charge on any atom is 0.528 e. The van der Waals surface area contributed by atoms with Crippen LogP contribution in [0.3, 0.4) is 0 Å². The van der Waals surface area contributed by atoms with E-state index in [1.165, 1.54) is 16.4 Å². The van der Waals surface area contributed by atoms with Crippen LogP contribution in [0.4, 0.5) is 4.79 Å². The molecule has 0 saturated carbocycles. The largest absolute Gasteiger partial charge is 0.528 e. The van der Waals surface area contributed by atoms with E-state index in [0.29, 0.717) is 29.3 Å². The van der Waals surface area contributed by atoms with Crippen LogP contribution in [0.1, 0.15) is 32.6 Å². The molecule has 172 valence electrons. The lowest BCUT2D eigenvalue weighted by molar-refractivity contribution is -0.152. The summed E-state index contributed by atoms with van der Waals surface area (Å²) in [6.07, 6.45) is 1.46. The molecule has 0 saturated heterocycles. The summed E-state index contributed by atoms with van der Waals surface area (Å²) >= 11 is 7.71. The number of carbonyl (C=O) groups excluding carboxylic acids is 1. The van der Waals surface area contributed by atoms with Gasteiger partial charge in [-0.15, -0.1) is 16.4 Å². The van der Waals surface area contributed by atoms with E-state index in [-0.39, 0.29) is 6.61 Å². The van der Waals surface area contributed by atoms with Crippen molar-refractivity contribution < 1.29 is 29.0 Å². The molecule has 1 atom stereocenters. The number of aliphatic carboxylic acids is 1. The number of aryl methyl sites for hydroxylation is 1. The van der Waals surface area contributed by atoms with Gasteiger partial charge in [-0.1, -0.05) is 35.9 Å². The molecule has 0 unspecified atom stereocenters. The van der Waals surface area contributed by atoms with Gasteiger partial charge in [0.1, 0.15) is 12.4 Å². The lowest BCUT2D eigenvalue weighted by Crippen LogP contribution is -2.38. The minimum Gasteiger partial charge on any atom is -0.482 e. The Labute approximate surface area is 199 Å². The summed E-state index contributed by atoms with van der Waals surface area (Å²) < 4.78 is 10.8. The molecule has 4 rings (SSSR count). The Kier molecular flexibility index (Phi) is 7.12. The van der Waals surface area contributed by atoms with Gasteiger partial charge in [0.25, 0.3) is 0 Å². The zero-order chi connectivity index (χ0) is 23.4. The quantitative estimate of drug-likeness (QED) is 0.474. The summed E-state index contributed by atoms with van der Waals surface area (Å²) in [4.78, 5) is 34.1. The third kappa shape index (κ3) is 5.62. The first-order valence-electron chi connectivity index (χ1n) is 10.1. The molecule has 1 N–H and O–H groups in total. The van der Waals surface area contributed by atoms with Gasteiger partial charge in [-0.3, -0.25) is 0 Å². The normalized spacial score (nSPS) is 15.5. The minimum absolute atomic E-state index is 0.0591. The lowest BCUT2D eigenvalue weighted by atomic mass is 9.89. The van der Waals surface area contributed by atoms with Gasteiger partial charge in [-0.05, 0) is 42.7 Å². The zero-order valence-electron chi connectivity index (χ0n) is 17.7. The van der Waals surface area contributed by atoms with Gasteiger partial charge in [0.2, 0.25) is 0 Å². The van der Waals surface area contributed by atoms with E-state index >= 15 is 0 Å². The van der Waals surface area contributed by atoms with E-state index in [1.54, 1.807) is 24.4 Å². The van der Waals surface area contributed by atoms with E-state index < -0.39 is 24.8 Å². The highest BCUT2D eigenvalue weighted by Gasteiger charge is 2.34. The summed E-state index contributed by atoms with van der Waals surface area (Å²) in [5.74, 6) is -0.763. The molecular weight excluding hydrogens is 468 g/mol. The number of hydrogen-bond acceptors (Lipinski definition) is 8. The summed E-state index contributed by atoms with van der Waals surface area (Å²) in [6, 6.07) is 12.1. The van der Waals surface area contributed by atoms with Crippen molar-refractivity contribution in [1.82, 2.24) is 10.0 Å². The lowest BCUT2D eigenvalue weighted by Gasteiger charge is -2.36. The molecule has 2 aromatic carbocycles. The molecule has 33 heavy (non-hydrogen) atoms. The second-order valence-electron chi connectivity index (χ2n) is 7.33. The van der Waals surface area contributed by atoms with Crippen LogP contribution in [0.15, 0.2) is 48.7 Å². The molecule has 1 aliphatic rings. The van der Waals surface area contributed by atoms with E-state index in [0.717, 1.165) is 21.0 Å². The second kappa shape index (κ2) is 10.2. The number of ether oxygens (including phenoxy) is 2. The average molecular weight is 489 g/mol. The molecule has 10 heteroatoms. The number of hydroxylamine groups is 2. The van der Waals surface area contributed by atoms with Gasteiger partial charge in [-0.25, -0.2) is 14.6 Å². The summed E-state index contributed by atoms with van der Waals surface area (Å²) in [5, 5.41) is 11.9. The molecule has 3 aromatic rings. The molecule has 0 fully saturated rings. The molecule has 2 heterocycles. The molecule has 1 aliphatic heterocycles. The fourth-order valence-electron chi connectivity index (χ4n) is 3.69. The van der Waals surface area contributed by atoms with Crippen molar-refractivity contribution in [2.24, 2.45) is 0 Å². The number of carbonyl (C=O) groups is 2. The first kappa shape index (κ1) is 23.0. The first-order valence-corrected chi connectivity index (χ1v) is 11.3. The number of thiazole rings is 1. The minimum atomic E-state index is -1.10. The van der Waals surface area contributed by atoms with Gasteiger partial charge < -0.3 is 19.4 Å². The second-order valence-corrected chi connectivity index (χ2v) is 9.09. The van der Waals surface area contributed by atoms with E-state index in [9.17, 15) is 9.59 Å². The summed E-state index contributed by atoms with van der Waals surface area (Å²) in [6.45, 7) is 1.82. The molecule has 0 bridgehead atoms. The smallest absolute Gasteiger partial charge is 0.482 e. The van der Waals surface area contributed by atoms with Crippen LogP contribution in [-0.2, 0) is 27.4 Å². The van der Waals surface area contributed by atoms with Crippen molar-refractivity contribution in [2.75, 3.05) is 13.2 Å². The number of halogens is 1. The number of rotatable bonds is 7. The number of aromatic nitrogens is 1. The highest BCUT2D eigenvalue weighted by atomic mass is 35.5. The van der Waals surface area contributed by atoms with Crippen molar-refractivity contribution >= 4 is 35.1 Å². The van der Waals surface area contributed by atoms with Crippen molar-refractivity contribution in [2.45, 2.75) is 26.0 Å². The van der Waals surface area contributed by atoms with Gasteiger partial charge in [0.15, 0.2) is 6.61 Å². The molecule has 0 radical (unpaired) electrons. The summed E-state index contributed by atoms with van der Waals surface area (Å²) in [7, 11) is 0. The van der Waals surface area contributed by atoms with Crippen LogP contribution in [0.25, 0.3) is 0 Å². The number of fused-ring (bicyclic) bond motifs is 1. The molecule has 0 amide bonds. The summed E-state index contributed by atoms with van der Waals surface area (Å²) in [5.41, 5.74) is 2.57. The van der Waals surface area contributed by atoms with Gasteiger partial charge in [-0.2, -0.15) is 0 Å². The number of carboxylic acids is 1. The van der Waals surface area contributed by atoms with Crippen LogP contribution in [0.5, 0.6) is 5.75 Å². The molecule has 0 aliphatic carbocycles. The number of carboxylic acid groups (broad SMARTS) is 1. The van der Waals surface area contributed by atoms with Crippen LogP contribution in [-0.4, -0.2) is 40.4 Å². The van der Waals surface area contributed by atoms with Crippen molar-refractivity contribution in [3.63, 3.8) is 0 Å². The monoisotopic (exact) mass is 488 g/mol. The predicted octanol–water partition coefficient (Wildman–Crippen LogP) is 4.78. The van der Waals surface area contributed by atoms with Crippen LogP contribution in [0.2, 0.25) is 5.02 Å². The number of nitrogens with zero attached hydrogens (tertiary/aromatic N) is 2. The Morgan fingerprint density at radius 3 is 2.82 bits per heavy atom. The Morgan fingerprint density at radius 2 is 2.06 bits per heavy atom. The van der Waals surface area contributed by atoms with Crippen LogP contribution in [0, 0.1) is 6.92 Å². The number of benzene rings is 2. The predicted molar refractivity (Wildman–Crippen MR) is 121 cm³/mol. The van der Waals surface area contributed by atoms with E-state index in [1.807, 2.05) is 31.2 Å². The number of hydrogen-bond donors (Lipinski definition) is 1. The Bertz CT molecular complexity index is 1170. The average Bonchev–Trinajstić information content (AvgIpc) is 3.21. The third-order valence-electron chi connectivity index (χ3n) is 5.05. The fraction of sp³-hybridized carbons (Fsp3) is 0.261.